The van der Waals surface area contributed by atoms with E-state index >= 15 is 0 Å². The molecule has 0 aliphatic rings. The van der Waals surface area contributed by atoms with Crippen LogP contribution >= 0.6 is 0 Å². The Bertz CT molecular complexity index is 680. The lowest BCUT2D eigenvalue weighted by atomic mass is 10.1. The maximum Gasteiger partial charge on any atom is 0.339 e. The van der Waals surface area contributed by atoms with Crippen molar-refractivity contribution in [3.63, 3.8) is 0 Å². The Morgan fingerprint density at radius 1 is 1.33 bits per heavy atom. The maximum absolute atomic E-state index is 11.6. The van der Waals surface area contributed by atoms with Crippen molar-refractivity contribution in [1.29, 1.82) is 0 Å². The summed E-state index contributed by atoms with van der Waals surface area (Å²) in [6.07, 6.45) is 0. The number of rotatable bonds is 5. The van der Waals surface area contributed by atoms with Crippen molar-refractivity contribution < 1.29 is 23.8 Å². The zero-order chi connectivity index (χ0) is 15.4. The number of amides is 1. The van der Waals surface area contributed by atoms with E-state index in [1.165, 1.54) is 12.1 Å². The number of aryl methyl sites for hydroxylation is 2. The minimum Gasteiger partial charge on any atom is -0.483 e. The smallest absolute Gasteiger partial charge is 0.339 e. The molecule has 2 N–H and O–H groups in total. The number of aromatic carboxylic acids is 1. The average Bonchev–Trinajstić information content (AvgIpc) is 2.82. The van der Waals surface area contributed by atoms with Crippen LogP contribution in [-0.2, 0) is 4.79 Å². The summed E-state index contributed by atoms with van der Waals surface area (Å²) in [6, 6.07) is 4.63. The Hall–Kier alpha value is -2.90. The number of anilines is 1. The molecule has 0 atom stereocenters. The first-order chi connectivity index (χ1) is 9.95. The third-order valence-corrected chi connectivity index (χ3v) is 2.50. The highest BCUT2D eigenvalue weighted by atomic mass is 16.5. The molecule has 8 nitrogen and oxygen atoms in total. The monoisotopic (exact) mass is 291 g/mol. The summed E-state index contributed by atoms with van der Waals surface area (Å²) in [7, 11) is 0. The van der Waals surface area contributed by atoms with Gasteiger partial charge in [-0.2, -0.15) is 0 Å². The van der Waals surface area contributed by atoms with Gasteiger partial charge in [-0.1, -0.05) is 16.7 Å². The molecule has 110 valence electrons. The predicted molar refractivity (Wildman–Crippen MR) is 71.3 cm³/mol. The SMILES string of the molecule is Cc1ccc(OCC(=O)Nc2nnc(C)o2)c(C(=O)O)c1. The number of carbonyl (C=O) groups excluding carboxylic acids is 1. The van der Waals surface area contributed by atoms with E-state index in [1.54, 1.807) is 19.9 Å². The van der Waals surface area contributed by atoms with Crippen LogP contribution in [0.5, 0.6) is 5.75 Å². The molecule has 0 aliphatic carbocycles. The first-order valence-corrected chi connectivity index (χ1v) is 6.02. The number of carboxylic acid groups (broad SMARTS) is 1. The second-order valence-corrected chi connectivity index (χ2v) is 4.27. The van der Waals surface area contributed by atoms with Crippen molar-refractivity contribution in [2.45, 2.75) is 13.8 Å². The van der Waals surface area contributed by atoms with E-state index in [0.29, 0.717) is 5.89 Å². The van der Waals surface area contributed by atoms with Gasteiger partial charge in [0, 0.05) is 6.92 Å². The zero-order valence-corrected chi connectivity index (χ0v) is 11.4. The summed E-state index contributed by atoms with van der Waals surface area (Å²) in [5.74, 6) is -1.22. The second-order valence-electron chi connectivity index (χ2n) is 4.27. The summed E-state index contributed by atoms with van der Waals surface area (Å²) in [5.41, 5.74) is 0.780. The largest absolute Gasteiger partial charge is 0.483 e. The molecule has 0 saturated carbocycles. The lowest BCUT2D eigenvalue weighted by Crippen LogP contribution is -2.21. The Balaban J connectivity index is 1.99. The number of aromatic nitrogens is 2. The van der Waals surface area contributed by atoms with Gasteiger partial charge in [0.2, 0.25) is 5.89 Å². The quantitative estimate of drug-likeness (QED) is 0.855. The normalized spacial score (nSPS) is 10.2. The van der Waals surface area contributed by atoms with Crippen LogP contribution < -0.4 is 10.1 Å². The molecule has 1 amide bonds. The van der Waals surface area contributed by atoms with E-state index in [0.717, 1.165) is 5.56 Å². The molecule has 1 aromatic heterocycles. The molecule has 0 spiro atoms. The van der Waals surface area contributed by atoms with Gasteiger partial charge in [0.05, 0.1) is 0 Å². The van der Waals surface area contributed by atoms with Gasteiger partial charge in [0.25, 0.3) is 5.91 Å². The second kappa shape index (κ2) is 6.04. The fourth-order valence-electron chi connectivity index (χ4n) is 1.58. The van der Waals surface area contributed by atoms with E-state index < -0.39 is 11.9 Å². The Labute approximate surface area is 119 Å². The number of ether oxygens (including phenoxy) is 1. The number of nitrogens with zero attached hydrogens (tertiary/aromatic N) is 2. The molecule has 2 rings (SSSR count). The average molecular weight is 291 g/mol. The van der Waals surface area contributed by atoms with Crippen LogP contribution in [0, 0.1) is 13.8 Å². The van der Waals surface area contributed by atoms with Gasteiger partial charge in [-0.05, 0) is 19.1 Å². The van der Waals surface area contributed by atoms with Crippen molar-refractivity contribution in [3.8, 4) is 5.75 Å². The molecular formula is C13H13N3O5. The minimum atomic E-state index is -1.12. The Morgan fingerprint density at radius 3 is 2.71 bits per heavy atom. The lowest BCUT2D eigenvalue weighted by molar-refractivity contribution is -0.118. The summed E-state index contributed by atoms with van der Waals surface area (Å²) in [5, 5.41) is 18.6. The summed E-state index contributed by atoms with van der Waals surface area (Å²) < 4.78 is 10.2. The summed E-state index contributed by atoms with van der Waals surface area (Å²) >= 11 is 0. The van der Waals surface area contributed by atoms with Gasteiger partial charge in [0.1, 0.15) is 11.3 Å². The van der Waals surface area contributed by atoms with Crippen LogP contribution in [0.2, 0.25) is 0 Å². The highest BCUT2D eigenvalue weighted by Gasteiger charge is 2.14. The molecule has 8 heteroatoms. The number of benzene rings is 1. The molecular weight excluding hydrogens is 278 g/mol. The van der Waals surface area contributed by atoms with Crippen LogP contribution in [0.25, 0.3) is 0 Å². The number of nitrogens with one attached hydrogen (secondary N) is 1. The highest BCUT2D eigenvalue weighted by Crippen LogP contribution is 2.20. The standard InChI is InChI=1S/C13H13N3O5/c1-7-3-4-10(9(5-7)12(18)19)20-6-11(17)14-13-16-15-8(2)21-13/h3-5H,6H2,1-2H3,(H,18,19)(H,14,16,17). The Morgan fingerprint density at radius 2 is 2.10 bits per heavy atom. The van der Waals surface area contributed by atoms with Crippen LogP contribution in [0.4, 0.5) is 6.01 Å². The van der Waals surface area contributed by atoms with Crippen molar-refractivity contribution >= 4 is 17.9 Å². The van der Waals surface area contributed by atoms with Crippen LogP contribution in [0.15, 0.2) is 22.6 Å². The molecule has 21 heavy (non-hydrogen) atoms. The van der Waals surface area contributed by atoms with Crippen LogP contribution in [0.1, 0.15) is 21.8 Å². The molecule has 0 aliphatic heterocycles. The third kappa shape index (κ3) is 3.78. The van der Waals surface area contributed by atoms with Crippen LogP contribution in [-0.4, -0.2) is 33.8 Å². The fourth-order valence-corrected chi connectivity index (χ4v) is 1.58. The summed E-state index contributed by atoms with van der Waals surface area (Å²) in [4.78, 5) is 22.7. The molecule has 0 unspecified atom stereocenters. The van der Waals surface area contributed by atoms with E-state index in [9.17, 15) is 9.59 Å². The molecule has 0 bridgehead atoms. The molecule has 1 aromatic carbocycles. The third-order valence-electron chi connectivity index (χ3n) is 2.50. The van der Waals surface area contributed by atoms with E-state index in [2.05, 4.69) is 15.5 Å². The topological polar surface area (TPSA) is 115 Å². The van der Waals surface area contributed by atoms with Crippen molar-refractivity contribution in [1.82, 2.24) is 10.2 Å². The van der Waals surface area contributed by atoms with E-state index in [-0.39, 0.29) is 23.9 Å². The molecule has 0 fully saturated rings. The maximum atomic E-state index is 11.6. The number of hydrogen-bond donors (Lipinski definition) is 2. The number of carboxylic acids is 1. The first-order valence-electron chi connectivity index (χ1n) is 6.02. The van der Waals surface area contributed by atoms with Gasteiger partial charge in [0.15, 0.2) is 6.61 Å². The van der Waals surface area contributed by atoms with Crippen LogP contribution in [0.3, 0.4) is 0 Å². The Kier molecular flexibility index (Phi) is 4.17. The van der Waals surface area contributed by atoms with Gasteiger partial charge in [-0.25, -0.2) is 4.79 Å². The fraction of sp³-hybridized carbons (Fsp3) is 0.231. The van der Waals surface area contributed by atoms with Crippen molar-refractivity contribution in [3.05, 3.63) is 35.2 Å². The first kappa shape index (κ1) is 14.5. The van der Waals surface area contributed by atoms with E-state index in [1.807, 2.05) is 0 Å². The van der Waals surface area contributed by atoms with Gasteiger partial charge in [-0.3, -0.25) is 10.1 Å². The predicted octanol–water partition coefficient (Wildman–Crippen LogP) is 1.40. The number of hydrogen-bond acceptors (Lipinski definition) is 6. The van der Waals surface area contributed by atoms with Crippen molar-refractivity contribution in [2.24, 2.45) is 0 Å². The molecule has 0 saturated heterocycles. The number of carbonyl (C=O) groups is 2. The highest BCUT2D eigenvalue weighted by molar-refractivity contribution is 5.92. The molecule has 0 radical (unpaired) electrons. The van der Waals surface area contributed by atoms with Gasteiger partial charge >= 0.3 is 12.0 Å². The van der Waals surface area contributed by atoms with Crippen molar-refractivity contribution in [2.75, 3.05) is 11.9 Å². The molecule has 1 heterocycles. The van der Waals surface area contributed by atoms with Gasteiger partial charge in [-0.15, -0.1) is 5.10 Å². The summed E-state index contributed by atoms with van der Waals surface area (Å²) in [6.45, 7) is 2.98. The zero-order valence-electron chi connectivity index (χ0n) is 11.4. The van der Waals surface area contributed by atoms with Gasteiger partial charge < -0.3 is 14.3 Å². The van der Waals surface area contributed by atoms with E-state index in [4.69, 9.17) is 14.3 Å². The minimum absolute atomic E-state index is 0.00330. The molecule has 2 aromatic rings. The lowest BCUT2D eigenvalue weighted by Gasteiger charge is -2.09.